The van der Waals surface area contributed by atoms with Crippen LogP contribution < -0.4 is 0 Å². The van der Waals surface area contributed by atoms with E-state index in [1.165, 1.54) is 0 Å². The predicted molar refractivity (Wildman–Crippen MR) is 54.1 cm³/mol. The van der Waals surface area contributed by atoms with Crippen LogP contribution >= 0.6 is 0 Å². The van der Waals surface area contributed by atoms with Crippen molar-refractivity contribution in [1.29, 1.82) is 0 Å². The zero-order valence-corrected chi connectivity index (χ0v) is 9.99. The van der Waals surface area contributed by atoms with E-state index in [4.69, 9.17) is 10.2 Å². The van der Waals surface area contributed by atoms with Gasteiger partial charge in [-0.25, -0.2) is 16.8 Å². The van der Waals surface area contributed by atoms with Crippen LogP contribution in [0.1, 0.15) is 6.92 Å². The van der Waals surface area contributed by atoms with Crippen molar-refractivity contribution >= 4 is 21.4 Å². The van der Waals surface area contributed by atoms with Crippen molar-refractivity contribution in [3.63, 3.8) is 0 Å². The van der Waals surface area contributed by atoms with Gasteiger partial charge in [-0.1, -0.05) is 0 Å². The van der Waals surface area contributed by atoms with Gasteiger partial charge in [-0.3, -0.25) is 0 Å². The molecule has 0 aliphatic heterocycles. The topological polar surface area (TPSA) is 149 Å². The number of aliphatic hydroxyl groups is 4. The first-order chi connectivity index (χ1) is 7.20. The SMILES string of the molecule is C[C@H](O)[C@H](O)[C@@H](O)[C@@H](O)C([SH](=O)=O)[SH](=O)=O. The fourth-order valence-electron chi connectivity index (χ4n) is 0.990. The molecular weight excluding hydrogens is 264 g/mol. The molecule has 0 radical (unpaired) electrons. The zero-order chi connectivity index (χ0) is 13.0. The molecule has 0 aromatic rings. The van der Waals surface area contributed by atoms with Gasteiger partial charge in [-0.15, -0.1) is 0 Å². The first-order valence-corrected chi connectivity index (χ1v) is 6.68. The molecule has 98 valence electrons. The fourth-order valence-corrected chi connectivity index (χ4v) is 2.46. The maximum absolute atomic E-state index is 10.5. The van der Waals surface area contributed by atoms with E-state index in [9.17, 15) is 27.0 Å². The molecule has 16 heavy (non-hydrogen) atoms. The Bertz CT molecular complexity index is 322. The molecule has 8 nitrogen and oxygen atoms in total. The van der Waals surface area contributed by atoms with E-state index in [-0.39, 0.29) is 0 Å². The zero-order valence-electron chi connectivity index (χ0n) is 8.20. The van der Waals surface area contributed by atoms with Crippen LogP contribution in [-0.4, -0.2) is 66.3 Å². The van der Waals surface area contributed by atoms with Crippen LogP contribution in [0.25, 0.3) is 0 Å². The summed E-state index contributed by atoms with van der Waals surface area (Å²) in [6.45, 7) is 1.09. The number of rotatable bonds is 6. The monoisotopic (exact) mass is 278 g/mol. The van der Waals surface area contributed by atoms with Crippen LogP contribution in [0.3, 0.4) is 0 Å². The third-order valence-electron chi connectivity index (χ3n) is 1.93. The second kappa shape index (κ2) is 6.47. The van der Waals surface area contributed by atoms with Crippen LogP contribution in [0.2, 0.25) is 0 Å². The van der Waals surface area contributed by atoms with E-state index in [1.54, 1.807) is 0 Å². The van der Waals surface area contributed by atoms with E-state index in [1.807, 2.05) is 0 Å². The van der Waals surface area contributed by atoms with Gasteiger partial charge in [0.15, 0.2) is 26.0 Å². The summed E-state index contributed by atoms with van der Waals surface area (Å²) in [6, 6.07) is 0. The van der Waals surface area contributed by atoms with Crippen molar-refractivity contribution in [2.75, 3.05) is 0 Å². The first-order valence-electron chi connectivity index (χ1n) is 4.19. The molecule has 10 heteroatoms. The number of thiol groups is 2. The molecule has 0 spiro atoms. The molecule has 0 rings (SSSR count). The lowest BCUT2D eigenvalue weighted by Crippen LogP contribution is -2.49. The van der Waals surface area contributed by atoms with Gasteiger partial charge in [0.1, 0.15) is 18.3 Å². The number of aliphatic hydroxyl groups excluding tert-OH is 4. The lowest BCUT2D eigenvalue weighted by atomic mass is 10.1. The van der Waals surface area contributed by atoms with Gasteiger partial charge in [0.05, 0.1) is 6.10 Å². The summed E-state index contributed by atoms with van der Waals surface area (Å²) in [5, 5.41) is 36.5. The van der Waals surface area contributed by atoms with Crippen LogP contribution in [0.4, 0.5) is 0 Å². The molecule has 0 heterocycles. The van der Waals surface area contributed by atoms with Crippen molar-refractivity contribution in [3.8, 4) is 0 Å². The predicted octanol–water partition coefficient (Wildman–Crippen LogP) is -4.00. The standard InChI is InChI=1S/C6H14O8S2/c1-2(7)3(8)4(9)5(10)6(15(11)12)16(13)14/h2-10,15-16H,1H3/t2-,3-,4+,5+/m0/s1. The molecule has 4 N–H and O–H groups in total. The molecule has 0 bridgehead atoms. The molecule has 0 saturated heterocycles. The number of hydrogen-bond acceptors (Lipinski definition) is 8. The summed E-state index contributed by atoms with van der Waals surface area (Å²) in [6.07, 6.45) is -7.58. The van der Waals surface area contributed by atoms with Gasteiger partial charge >= 0.3 is 0 Å². The van der Waals surface area contributed by atoms with Gasteiger partial charge in [0, 0.05) is 0 Å². The Balaban J connectivity index is 4.95. The summed E-state index contributed by atoms with van der Waals surface area (Å²) in [5.41, 5.74) is 0. The third-order valence-corrected chi connectivity index (χ3v) is 4.54. The molecular formula is C6H14O8S2. The van der Waals surface area contributed by atoms with E-state index in [0.29, 0.717) is 0 Å². The molecule has 0 unspecified atom stereocenters. The van der Waals surface area contributed by atoms with Crippen molar-refractivity contribution in [2.24, 2.45) is 0 Å². The highest BCUT2D eigenvalue weighted by Gasteiger charge is 2.36. The van der Waals surface area contributed by atoms with Crippen LogP contribution in [-0.2, 0) is 21.4 Å². The molecule has 4 atom stereocenters. The van der Waals surface area contributed by atoms with Gasteiger partial charge in [-0.05, 0) is 6.92 Å². The number of hydrogen-bond donors (Lipinski definition) is 6. The summed E-state index contributed by atoms with van der Waals surface area (Å²) in [5.74, 6) is 0. The Morgan fingerprint density at radius 1 is 0.750 bits per heavy atom. The molecule has 0 amide bonds. The Hall–Kier alpha value is -0.260. The van der Waals surface area contributed by atoms with Crippen LogP contribution in [0.15, 0.2) is 0 Å². The minimum atomic E-state index is -3.52. The summed E-state index contributed by atoms with van der Waals surface area (Å²) < 4.78 is 39.9. The van der Waals surface area contributed by atoms with E-state index >= 15 is 0 Å². The Morgan fingerprint density at radius 3 is 1.38 bits per heavy atom. The average Bonchev–Trinajstić information content (AvgIpc) is 2.13. The first kappa shape index (κ1) is 15.7. The quantitative estimate of drug-likeness (QED) is 0.269. The lowest BCUT2D eigenvalue weighted by molar-refractivity contribution is -0.0957. The largest absolute Gasteiger partial charge is 0.391 e. The fraction of sp³-hybridized carbons (Fsp3) is 1.00. The highest BCUT2D eigenvalue weighted by molar-refractivity contribution is 7.91. The maximum Gasteiger partial charge on any atom is 0.186 e. The highest BCUT2D eigenvalue weighted by atomic mass is 32.2. The van der Waals surface area contributed by atoms with Gasteiger partial charge in [0.25, 0.3) is 0 Å². The lowest BCUT2D eigenvalue weighted by Gasteiger charge is -2.25. The van der Waals surface area contributed by atoms with Crippen LogP contribution in [0.5, 0.6) is 0 Å². The Morgan fingerprint density at radius 2 is 1.12 bits per heavy atom. The highest BCUT2D eigenvalue weighted by Crippen LogP contribution is 2.10. The molecule has 0 aromatic carbocycles. The minimum Gasteiger partial charge on any atom is -0.391 e. The van der Waals surface area contributed by atoms with E-state index in [2.05, 4.69) is 0 Å². The van der Waals surface area contributed by atoms with Gasteiger partial charge < -0.3 is 20.4 Å². The smallest absolute Gasteiger partial charge is 0.186 e. The van der Waals surface area contributed by atoms with E-state index < -0.39 is 50.4 Å². The Kier molecular flexibility index (Phi) is 6.36. The molecule has 0 aliphatic rings. The molecule has 0 aliphatic carbocycles. The third kappa shape index (κ3) is 3.96. The normalized spacial score (nSPS) is 20.0. The second-order valence-electron chi connectivity index (χ2n) is 3.20. The second-order valence-corrected chi connectivity index (χ2v) is 5.86. The van der Waals surface area contributed by atoms with Crippen molar-refractivity contribution in [2.45, 2.75) is 35.9 Å². The van der Waals surface area contributed by atoms with Gasteiger partial charge in [-0.2, -0.15) is 0 Å². The molecule has 0 aromatic heterocycles. The maximum atomic E-state index is 10.5. The summed E-state index contributed by atoms with van der Waals surface area (Å²) in [4.78, 5) is 0. The van der Waals surface area contributed by atoms with Crippen molar-refractivity contribution in [3.05, 3.63) is 0 Å². The van der Waals surface area contributed by atoms with Crippen molar-refractivity contribution in [1.82, 2.24) is 0 Å². The van der Waals surface area contributed by atoms with Gasteiger partial charge in [0.2, 0.25) is 0 Å². The Labute approximate surface area is 95.1 Å². The van der Waals surface area contributed by atoms with Crippen molar-refractivity contribution < 1.29 is 37.3 Å². The average molecular weight is 278 g/mol. The minimum absolute atomic E-state index is 1.09. The summed E-state index contributed by atoms with van der Waals surface area (Å²) in [7, 11) is -7.04. The molecule has 0 fully saturated rings. The van der Waals surface area contributed by atoms with E-state index in [0.717, 1.165) is 6.92 Å². The summed E-state index contributed by atoms with van der Waals surface area (Å²) >= 11 is 0. The van der Waals surface area contributed by atoms with Crippen LogP contribution in [0, 0.1) is 0 Å². The molecule has 0 saturated carbocycles.